The molecular weight excluding hydrogens is 420 g/mol. The fourth-order valence-corrected chi connectivity index (χ4v) is 3.51. The first kappa shape index (κ1) is 22.2. The average Bonchev–Trinajstić information content (AvgIpc) is 2.79. The molecule has 3 aromatic rings. The van der Waals surface area contributed by atoms with Crippen molar-refractivity contribution in [2.45, 2.75) is 18.0 Å². The van der Waals surface area contributed by atoms with Gasteiger partial charge in [0.2, 0.25) is 10.0 Å². The molecule has 0 spiro atoms. The van der Waals surface area contributed by atoms with Gasteiger partial charge in [0.1, 0.15) is 18.1 Å². The summed E-state index contributed by atoms with van der Waals surface area (Å²) in [7, 11) is -2.25. The molecule has 162 valence electrons. The summed E-state index contributed by atoms with van der Waals surface area (Å²) in [6.45, 7) is 0.497. The van der Waals surface area contributed by atoms with Crippen LogP contribution in [0.15, 0.2) is 76.4 Å². The van der Waals surface area contributed by atoms with E-state index in [-0.39, 0.29) is 35.8 Å². The number of amides is 1. The third kappa shape index (κ3) is 6.00. The number of benzene rings is 2. The molecule has 0 bridgehead atoms. The van der Waals surface area contributed by atoms with Crippen molar-refractivity contribution in [1.29, 1.82) is 0 Å². The van der Waals surface area contributed by atoms with Gasteiger partial charge in [0, 0.05) is 12.6 Å². The highest BCUT2D eigenvalue weighted by Gasteiger charge is 2.13. The Morgan fingerprint density at radius 3 is 2.58 bits per heavy atom. The summed E-state index contributed by atoms with van der Waals surface area (Å²) in [5.74, 6) is 0.187. The van der Waals surface area contributed by atoms with E-state index >= 15 is 0 Å². The third-order valence-corrected chi connectivity index (χ3v) is 5.76. The van der Waals surface area contributed by atoms with Crippen LogP contribution in [0.25, 0.3) is 0 Å². The largest absolute Gasteiger partial charge is 0.492 e. The summed E-state index contributed by atoms with van der Waals surface area (Å²) >= 11 is 0. The number of carbonyl (C=O) groups is 1. The Morgan fingerprint density at radius 1 is 1.06 bits per heavy atom. The van der Waals surface area contributed by atoms with Gasteiger partial charge in [0.25, 0.3) is 11.5 Å². The Balaban J connectivity index is 1.62. The first-order chi connectivity index (χ1) is 14.9. The molecule has 31 heavy (non-hydrogen) atoms. The highest BCUT2D eigenvalue weighted by molar-refractivity contribution is 7.89. The van der Waals surface area contributed by atoms with Gasteiger partial charge in [-0.25, -0.2) is 17.8 Å². The van der Waals surface area contributed by atoms with Crippen LogP contribution in [0.4, 0.5) is 0 Å². The van der Waals surface area contributed by atoms with Crippen LogP contribution in [0, 0.1) is 0 Å². The molecule has 0 aliphatic rings. The van der Waals surface area contributed by atoms with E-state index in [1.54, 1.807) is 24.3 Å². The Kier molecular flexibility index (Phi) is 7.16. The van der Waals surface area contributed by atoms with Crippen LogP contribution < -0.4 is 20.3 Å². The smallest absolute Gasteiger partial charge is 0.271 e. The van der Waals surface area contributed by atoms with Crippen LogP contribution in [0.2, 0.25) is 0 Å². The summed E-state index contributed by atoms with van der Waals surface area (Å²) in [6, 6.07) is 18.0. The summed E-state index contributed by atoms with van der Waals surface area (Å²) in [5.41, 5.74) is 0.325. The molecule has 3 rings (SSSR count). The summed E-state index contributed by atoms with van der Waals surface area (Å²) in [5, 5.41) is 6.77. The van der Waals surface area contributed by atoms with Gasteiger partial charge >= 0.3 is 0 Å². The molecule has 0 atom stereocenters. The molecule has 0 radical (unpaired) electrons. The Morgan fingerprint density at radius 2 is 1.84 bits per heavy atom. The number of rotatable bonds is 9. The lowest BCUT2D eigenvalue weighted by atomic mass is 10.2. The van der Waals surface area contributed by atoms with E-state index in [1.165, 1.54) is 31.3 Å². The first-order valence-corrected chi connectivity index (χ1v) is 10.9. The lowest BCUT2D eigenvalue weighted by molar-refractivity contribution is 0.0943. The fourth-order valence-electron chi connectivity index (χ4n) is 2.71. The van der Waals surface area contributed by atoms with Crippen LogP contribution in [0.5, 0.6) is 5.75 Å². The lowest BCUT2D eigenvalue weighted by Gasteiger charge is -2.10. The van der Waals surface area contributed by atoms with Crippen molar-refractivity contribution in [1.82, 2.24) is 19.8 Å². The number of carbonyl (C=O) groups excluding carboxylic acids is 1. The number of nitrogens with zero attached hydrogens (tertiary/aromatic N) is 2. The van der Waals surface area contributed by atoms with Gasteiger partial charge < -0.3 is 10.1 Å². The number of hydrogen-bond donors (Lipinski definition) is 2. The van der Waals surface area contributed by atoms with E-state index in [1.807, 2.05) is 18.2 Å². The van der Waals surface area contributed by atoms with Gasteiger partial charge in [-0.2, -0.15) is 5.10 Å². The van der Waals surface area contributed by atoms with E-state index in [0.29, 0.717) is 11.3 Å². The van der Waals surface area contributed by atoms with Crippen molar-refractivity contribution in [3.63, 3.8) is 0 Å². The molecule has 0 unspecified atom stereocenters. The second-order valence-corrected chi connectivity index (χ2v) is 8.37. The predicted octanol–water partition coefficient (Wildman–Crippen LogP) is 1.16. The summed E-state index contributed by atoms with van der Waals surface area (Å²) in [4.78, 5) is 24.6. The van der Waals surface area contributed by atoms with Crippen molar-refractivity contribution in [2.24, 2.45) is 0 Å². The van der Waals surface area contributed by atoms with Gasteiger partial charge in [-0.1, -0.05) is 30.3 Å². The second-order valence-electron chi connectivity index (χ2n) is 6.48. The van der Waals surface area contributed by atoms with Crippen molar-refractivity contribution < 1.29 is 17.9 Å². The number of nitrogens with one attached hydrogen (secondary N) is 2. The maximum Gasteiger partial charge on any atom is 0.271 e. The summed E-state index contributed by atoms with van der Waals surface area (Å²) < 4.78 is 32.8. The number of hydrogen-bond acceptors (Lipinski definition) is 6. The van der Waals surface area contributed by atoms with Gasteiger partial charge in [-0.15, -0.1) is 0 Å². The van der Waals surface area contributed by atoms with Gasteiger partial charge in [0.05, 0.1) is 11.4 Å². The molecule has 0 saturated heterocycles. The van der Waals surface area contributed by atoms with Crippen LogP contribution in [0.1, 0.15) is 16.1 Å². The molecular formula is C21H22N4O5S. The summed E-state index contributed by atoms with van der Waals surface area (Å²) in [6.07, 6.45) is 0. The van der Waals surface area contributed by atoms with Crippen molar-refractivity contribution in [2.75, 3.05) is 13.7 Å². The molecule has 9 nitrogen and oxygen atoms in total. The van der Waals surface area contributed by atoms with Crippen LogP contribution in [-0.2, 0) is 23.1 Å². The fraction of sp³-hybridized carbons (Fsp3) is 0.190. The number of sulfonamides is 1. The van der Waals surface area contributed by atoms with Crippen LogP contribution >= 0.6 is 0 Å². The maximum absolute atomic E-state index is 12.5. The van der Waals surface area contributed by atoms with Crippen molar-refractivity contribution >= 4 is 15.9 Å². The number of aromatic nitrogens is 2. The van der Waals surface area contributed by atoms with E-state index in [9.17, 15) is 18.0 Å². The van der Waals surface area contributed by atoms with Crippen molar-refractivity contribution in [3.8, 4) is 5.75 Å². The SMILES string of the molecule is CNS(=O)(=O)c1cccc(CNC(=O)c2ccc(=O)n(CCOc3ccccc3)n2)c1. The minimum Gasteiger partial charge on any atom is -0.492 e. The molecule has 1 heterocycles. The standard InChI is InChI=1S/C21H22N4O5S/c1-22-31(28,29)18-9-5-6-16(14-18)15-23-21(27)19-10-11-20(26)25(24-19)12-13-30-17-7-3-2-4-8-17/h2-11,14,22H,12-13,15H2,1H3,(H,23,27). The van der Waals surface area contributed by atoms with E-state index in [4.69, 9.17) is 4.74 Å². The Labute approximate surface area is 179 Å². The van der Waals surface area contributed by atoms with Crippen LogP contribution in [0.3, 0.4) is 0 Å². The monoisotopic (exact) mass is 442 g/mol. The highest BCUT2D eigenvalue weighted by atomic mass is 32.2. The van der Waals surface area contributed by atoms with Crippen molar-refractivity contribution in [3.05, 3.63) is 88.3 Å². The van der Waals surface area contributed by atoms with Gasteiger partial charge in [-0.3, -0.25) is 9.59 Å². The molecule has 1 aromatic heterocycles. The topological polar surface area (TPSA) is 119 Å². The maximum atomic E-state index is 12.5. The zero-order chi connectivity index (χ0) is 22.3. The Bertz CT molecular complexity index is 1210. The van der Waals surface area contributed by atoms with E-state index in [0.717, 1.165) is 4.68 Å². The Hall–Kier alpha value is -3.50. The molecule has 0 aliphatic heterocycles. The van der Waals surface area contributed by atoms with Gasteiger partial charge in [0.15, 0.2) is 0 Å². The normalized spacial score (nSPS) is 11.1. The average molecular weight is 442 g/mol. The highest BCUT2D eigenvalue weighted by Crippen LogP contribution is 2.11. The number of para-hydroxylation sites is 1. The second kappa shape index (κ2) is 10.0. The zero-order valence-electron chi connectivity index (χ0n) is 16.8. The molecule has 10 heteroatoms. The molecule has 2 aromatic carbocycles. The quantitative estimate of drug-likeness (QED) is 0.513. The molecule has 0 fully saturated rings. The van der Waals surface area contributed by atoms with E-state index < -0.39 is 15.9 Å². The molecule has 0 saturated carbocycles. The molecule has 2 N–H and O–H groups in total. The third-order valence-electron chi connectivity index (χ3n) is 4.34. The molecule has 0 aliphatic carbocycles. The van der Waals surface area contributed by atoms with E-state index in [2.05, 4.69) is 15.1 Å². The number of ether oxygens (including phenoxy) is 1. The van der Waals surface area contributed by atoms with Gasteiger partial charge in [-0.05, 0) is 42.9 Å². The predicted molar refractivity (Wildman–Crippen MR) is 114 cm³/mol. The van der Waals surface area contributed by atoms with Crippen LogP contribution in [-0.4, -0.2) is 37.8 Å². The minimum absolute atomic E-state index is 0.0679. The first-order valence-electron chi connectivity index (χ1n) is 9.46. The minimum atomic E-state index is -3.58. The lowest BCUT2D eigenvalue weighted by Crippen LogP contribution is -2.30. The molecule has 1 amide bonds. The zero-order valence-corrected chi connectivity index (χ0v) is 17.6.